The molecule has 0 unspecified atom stereocenters. The second-order valence-electron chi connectivity index (χ2n) is 3.90. The third kappa shape index (κ3) is 3.24. The van der Waals surface area contributed by atoms with Gasteiger partial charge in [0.25, 0.3) is 0 Å². The first kappa shape index (κ1) is 16.4. The van der Waals surface area contributed by atoms with Gasteiger partial charge in [0.2, 0.25) is 0 Å². The highest BCUT2D eigenvalue weighted by Crippen LogP contribution is 2.43. The Kier molecular flexibility index (Phi) is 4.38. The van der Waals surface area contributed by atoms with Gasteiger partial charge in [0.05, 0.1) is 24.3 Å². The smallest absolute Gasteiger partial charge is 0.416 e. The molecule has 112 valence electrons. The summed E-state index contributed by atoms with van der Waals surface area (Å²) < 4.78 is 81.2. The van der Waals surface area contributed by atoms with Crippen LogP contribution in [0.1, 0.15) is 22.7 Å². The molecule has 0 heterocycles. The highest BCUT2D eigenvalue weighted by atomic mass is 19.4. The highest BCUT2D eigenvalue weighted by molar-refractivity contribution is 5.49. The Morgan fingerprint density at radius 3 is 2.05 bits per heavy atom. The van der Waals surface area contributed by atoms with Crippen LogP contribution in [-0.4, -0.2) is 7.11 Å². The number of nitrogens with two attached hydrogens (primary N) is 1. The second-order valence-corrected chi connectivity index (χ2v) is 3.90. The monoisotopic (exact) mass is 299 g/mol. The first-order valence-electron chi connectivity index (χ1n) is 5.26. The summed E-state index contributed by atoms with van der Waals surface area (Å²) >= 11 is 0. The summed E-state index contributed by atoms with van der Waals surface area (Å²) in [4.78, 5) is 0. The molecule has 1 rings (SSSR count). The van der Waals surface area contributed by atoms with Gasteiger partial charge in [0.15, 0.2) is 0 Å². The van der Waals surface area contributed by atoms with E-state index in [4.69, 9.17) is 5.73 Å². The van der Waals surface area contributed by atoms with Gasteiger partial charge in [-0.25, -0.2) is 0 Å². The topological polar surface area (TPSA) is 35.2 Å². The van der Waals surface area contributed by atoms with E-state index in [-0.39, 0.29) is 6.07 Å². The normalized spacial score (nSPS) is 14.0. The lowest BCUT2D eigenvalue weighted by molar-refractivity contribution is -0.143. The van der Waals surface area contributed by atoms with Crippen LogP contribution in [0.4, 0.5) is 26.3 Å². The van der Waals surface area contributed by atoms with Crippen LogP contribution in [0.15, 0.2) is 24.8 Å². The first-order chi connectivity index (χ1) is 9.02. The number of hydrogen-bond acceptors (Lipinski definition) is 2. The largest absolute Gasteiger partial charge is 0.496 e. The van der Waals surface area contributed by atoms with Crippen molar-refractivity contribution in [2.24, 2.45) is 5.73 Å². The minimum absolute atomic E-state index is 0.0151. The first-order valence-corrected chi connectivity index (χ1v) is 5.26. The predicted octanol–water partition coefficient (Wildman–Crippen LogP) is 3.92. The second kappa shape index (κ2) is 5.35. The summed E-state index contributed by atoms with van der Waals surface area (Å²) in [5.74, 6) is -0.584. The van der Waals surface area contributed by atoms with E-state index in [1.54, 1.807) is 0 Å². The van der Waals surface area contributed by atoms with Gasteiger partial charge in [-0.1, -0.05) is 6.08 Å². The lowest BCUT2D eigenvalue weighted by atomic mass is 9.96. The Labute approximate surface area is 110 Å². The number of methoxy groups -OCH3 is 1. The van der Waals surface area contributed by atoms with Crippen molar-refractivity contribution in [1.29, 1.82) is 0 Å². The average Bonchev–Trinajstić information content (AvgIpc) is 2.33. The number of benzene rings is 1. The predicted molar refractivity (Wildman–Crippen MR) is 60.1 cm³/mol. The SMILES string of the molecule is C=C[C@H](N)c1c(OC)cc(C(F)(F)F)cc1C(F)(F)F. The summed E-state index contributed by atoms with van der Waals surface area (Å²) in [5.41, 5.74) is 1.92. The molecule has 0 saturated carbocycles. The van der Waals surface area contributed by atoms with Crippen LogP contribution in [0.2, 0.25) is 0 Å². The summed E-state index contributed by atoms with van der Waals surface area (Å²) in [7, 11) is 0.967. The third-order valence-electron chi connectivity index (χ3n) is 2.58. The number of halogens is 6. The van der Waals surface area contributed by atoms with Crippen LogP contribution in [0.5, 0.6) is 5.75 Å². The van der Waals surface area contributed by atoms with Crippen molar-refractivity contribution in [3.63, 3.8) is 0 Å². The maximum absolute atomic E-state index is 12.9. The lowest BCUT2D eigenvalue weighted by Gasteiger charge is -2.21. The van der Waals surface area contributed by atoms with Crippen molar-refractivity contribution in [3.05, 3.63) is 41.5 Å². The molecule has 1 aromatic rings. The fourth-order valence-corrected chi connectivity index (χ4v) is 1.66. The molecular weight excluding hydrogens is 288 g/mol. The van der Waals surface area contributed by atoms with Crippen LogP contribution in [0, 0.1) is 0 Å². The molecule has 0 aromatic heterocycles. The minimum atomic E-state index is -5.00. The van der Waals surface area contributed by atoms with Crippen molar-refractivity contribution in [3.8, 4) is 5.75 Å². The zero-order chi connectivity index (χ0) is 15.7. The van der Waals surface area contributed by atoms with Crippen molar-refractivity contribution in [2.45, 2.75) is 18.4 Å². The Morgan fingerprint density at radius 2 is 1.70 bits per heavy atom. The molecule has 2 nitrogen and oxygen atoms in total. The Morgan fingerprint density at radius 1 is 1.15 bits per heavy atom. The molecule has 0 saturated heterocycles. The molecule has 0 aliphatic rings. The number of alkyl halides is 6. The number of hydrogen-bond donors (Lipinski definition) is 1. The van der Waals surface area contributed by atoms with Crippen LogP contribution >= 0.6 is 0 Å². The Hall–Kier alpha value is -1.70. The van der Waals surface area contributed by atoms with Crippen LogP contribution in [-0.2, 0) is 12.4 Å². The van der Waals surface area contributed by atoms with Gasteiger partial charge in [0.1, 0.15) is 5.75 Å². The third-order valence-corrected chi connectivity index (χ3v) is 2.58. The molecule has 0 bridgehead atoms. The van der Waals surface area contributed by atoms with E-state index in [2.05, 4.69) is 11.3 Å². The lowest BCUT2D eigenvalue weighted by Crippen LogP contribution is -2.19. The average molecular weight is 299 g/mol. The minimum Gasteiger partial charge on any atom is -0.496 e. The van der Waals surface area contributed by atoms with Gasteiger partial charge in [-0.2, -0.15) is 26.3 Å². The summed E-state index contributed by atoms with van der Waals surface area (Å²) in [6.45, 7) is 3.24. The molecule has 0 fully saturated rings. The van der Waals surface area contributed by atoms with Gasteiger partial charge in [0, 0.05) is 5.56 Å². The molecule has 1 atom stereocenters. The van der Waals surface area contributed by atoms with E-state index in [0.29, 0.717) is 6.07 Å². The van der Waals surface area contributed by atoms with E-state index in [1.807, 2.05) is 0 Å². The molecular formula is C12H11F6NO. The zero-order valence-electron chi connectivity index (χ0n) is 10.3. The number of rotatable bonds is 3. The maximum Gasteiger partial charge on any atom is 0.416 e. The molecule has 0 aliphatic carbocycles. The molecule has 20 heavy (non-hydrogen) atoms. The molecule has 8 heteroatoms. The molecule has 0 aliphatic heterocycles. The van der Waals surface area contributed by atoms with Gasteiger partial charge >= 0.3 is 12.4 Å². The van der Waals surface area contributed by atoms with Crippen LogP contribution in [0.25, 0.3) is 0 Å². The fraction of sp³-hybridized carbons (Fsp3) is 0.333. The molecule has 0 spiro atoms. The van der Waals surface area contributed by atoms with Crippen LogP contribution in [0.3, 0.4) is 0 Å². The van der Waals surface area contributed by atoms with Gasteiger partial charge in [-0.3, -0.25) is 0 Å². The van der Waals surface area contributed by atoms with E-state index in [9.17, 15) is 26.3 Å². The van der Waals surface area contributed by atoms with Gasteiger partial charge in [-0.15, -0.1) is 6.58 Å². The Bertz CT molecular complexity index is 506. The van der Waals surface area contributed by atoms with E-state index < -0.39 is 40.8 Å². The van der Waals surface area contributed by atoms with Crippen molar-refractivity contribution < 1.29 is 31.1 Å². The summed E-state index contributed by atoms with van der Waals surface area (Å²) in [5, 5.41) is 0. The summed E-state index contributed by atoms with van der Waals surface area (Å²) in [6.07, 6.45) is -8.94. The fourth-order valence-electron chi connectivity index (χ4n) is 1.66. The maximum atomic E-state index is 12.9. The van der Waals surface area contributed by atoms with Gasteiger partial charge in [-0.05, 0) is 12.1 Å². The van der Waals surface area contributed by atoms with Crippen molar-refractivity contribution >= 4 is 0 Å². The molecule has 0 amide bonds. The molecule has 2 N–H and O–H groups in total. The van der Waals surface area contributed by atoms with Crippen molar-refractivity contribution in [1.82, 2.24) is 0 Å². The van der Waals surface area contributed by atoms with Crippen LogP contribution < -0.4 is 10.5 Å². The van der Waals surface area contributed by atoms with E-state index in [0.717, 1.165) is 13.2 Å². The van der Waals surface area contributed by atoms with E-state index in [1.165, 1.54) is 0 Å². The number of ether oxygens (including phenoxy) is 1. The standard InChI is InChI=1S/C12H11F6NO/c1-3-8(19)10-7(12(16,17)18)4-6(11(13,14)15)5-9(10)20-2/h3-5,8H,1,19H2,2H3/t8-/m0/s1. The quantitative estimate of drug-likeness (QED) is 0.678. The van der Waals surface area contributed by atoms with Gasteiger partial charge < -0.3 is 10.5 Å². The summed E-state index contributed by atoms with van der Waals surface area (Å²) in [6, 6.07) is -0.807. The molecule has 1 aromatic carbocycles. The van der Waals surface area contributed by atoms with E-state index >= 15 is 0 Å². The highest BCUT2D eigenvalue weighted by Gasteiger charge is 2.40. The zero-order valence-corrected chi connectivity index (χ0v) is 10.3. The molecule has 0 radical (unpaired) electrons. The Balaban J connectivity index is 3.70. The van der Waals surface area contributed by atoms with Crippen molar-refractivity contribution in [2.75, 3.05) is 7.11 Å².